The highest BCUT2D eigenvalue weighted by molar-refractivity contribution is 5.18. The molecule has 1 aromatic heterocycles. The molecule has 0 spiro atoms. The van der Waals surface area contributed by atoms with E-state index in [1.54, 1.807) is 18.3 Å². The summed E-state index contributed by atoms with van der Waals surface area (Å²) >= 11 is 0. The molecule has 2 aromatic rings. The highest BCUT2D eigenvalue weighted by Gasteiger charge is 2.27. The maximum absolute atomic E-state index is 12.9. The van der Waals surface area contributed by atoms with Crippen molar-refractivity contribution in [1.82, 2.24) is 15.1 Å². The van der Waals surface area contributed by atoms with Gasteiger partial charge in [-0.05, 0) is 49.6 Å². The maximum atomic E-state index is 12.9. The summed E-state index contributed by atoms with van der Waals surface area (Å²) in [5, 5.41) is 17.3. The van der Waals surface area contributed by atoms with Crippen LogP contribution < -0.4 is 0 Å². The van der Waals surface area contributed by atoms with Crippen LogP contribution in [0.15, 0.2) is 36.5 Å². The molecule has 1 saturated heterocycles. The van der Waals surface area contributed by atoms with Gasteiger partial charge >= 0.3 is 0 Å². The van der Waals surface area contributed by atoms with E-state index in [0.717, 1.165) is 37.2 Å². The molecular formula is C16H20FN3O. The number of hydrogen-bond donors (Lipinski definition) is 2. The van der Waals surface area contributed by atoms with Crippen molar-refractivity contribution in [3.05, 3.63) is 53.6 Å². The topological polar surface area (TPSA) is 52.1 Å². The van der Waals surface area contributed by atoms with E-state index < -0.39 is 6.10 Å². The van der Waals surface area contributed by atoms with E-state index in [4.69, 9.17) is 0 Å². The van der Waals surface area contributed by atoms with E-state index in [9.17, 15) is 9.50 Å². The minimum atomic E-state index is -0.544. The number of benzene rings is 1. The molecule has 0 amide bonds. The third-order valence-corrected chi connectivity index (χ3v) is 4.18. The van der Waals surface area contributed by atoms with Gasteiger partial charge < -0.3 is 5.11 Å². The van der Waals surface area contributed by atoms with Gasteiger partial charge in [-0.1, -0.05) is 12.1 Å². The van der Waals surface area contributed by atoms with Crippen molar-refractivity contribution in [1.29, 1.82) is 0 Å². The molecule has 21 heavy (non-hydrogen) atoms. The van der Waals surface area contributed by atoms with Crippen molar-refractivity contribution < 1.29 is 9.50 Å². The first-order chi connectivity index (χ1) is 10.2. The normalized spacial score (nSPS) is 20.8. The summed E-state index contributed by atoms with van der Waals surface area (Å²) < 4.78 is 12.9. The molecule has 1 aliphatic rings. The molecule has 1 aromatic carbocycles. The van der Waals surface area contributed by atoms with Crippen LogP contribution in [0.25, 0.3) is 0 Å². The molecule has 112 valence electrons. The van der Waals surface area contributed by atoms with Gasteiger partial charge in [-0.3, -0.25) is 10.00 Å². The van der Waals surface area contributed by atoms with E-state index in [-0.39, 0.29) is 5.82 Å². The molecule has 2 N–H and O–H groups in total. The number of H-pyrrole nitrogens is 1. The molecule has 0 bridgehead atoms. The summed E-state index contributed by atoms with van der Waals surface area (Å²) in [6.45, 7) is 1.88. The lowest BCUT2D eigenvalue weighted by Crippen LogP contribution is -2.30. The Balaban J connectivity index is 1.61. The number of aliphatic hydroxyl groups is 1. The van der Waals surface area contributed by atoms with Crippen molar-refractivity contribution in [3.8, 4) is 0 Å². The third-order valence-electron chi connectivity index (χ3n) is 4.18. The van der Waals surface area contributed by atoms with Gasteiger partial charge in [-0.2, -0.15) is 5.10 Å². The Morgan fingerprint density at radius 3 is 2.86 bits per heavy atom. The second kappa shape index (κ2) is 6.37. The maximum Gasteiger partial charge on any atom is 0.123 e. The number of nitrogens with zero attached hydrogens (tertiary/aromatic N) is 2. The van der Waals surface area contributed by atoms with E-state index in [1.165, 1.54) is 12.1 Å². The number of hydrogen-bond acceptors (Lipinski definition) is 3. The second-order valence-electron chi connectivity index (χ2n) is 5.65. The van der Waals surface area contributed by atoms with Gasteiger partial charge in [0.2, 0.25) is 0 Å². The van der Waals surface area contributed by atoms with Gasteiger partial charge in [0.1, 0.15) is 5.82 Å². The Morgan fingerprint density at radius 2 is 2.14 bits per heavy atom. The van der Waals surface area contributed by atoms with Crippen molar-refractivity contribution in [2.45, 2.75) is 38.0 Å². The highest BCUT2D eigenvalue weighted by Crippen LogP contribution is 2.28. The number of halogens is 1. The molecule has 5 heteroatoms. The van der Waals surface area contributed by atoms with E-state index in [0.29, 0.717) is 12.5 Å². The molecule has 1 aliphatic heterocycles. The van der Waals surface area contributed by atoms with Crippen LogP contribution in [0.4, 0.5) is 4.39 Å². The van der Waals surface area contributed by atoms with Crippen LogP contribution in [0.1, 0.15) is 36.6 Å². The summed E-state index contributed by atoms with van der Waals surface area (Å²) in [6, 6.07) is 8.45. The van der Waals surface area contributed by atoms with Crippen LogP contribution in [0.5, 0.6) is 0 Å². The van der Waals surface area contributed by atoms with Crippen molar-refractivity contribution in [2.24, 2.45) is 0 Å². The summed E-state index contributed by atoms with van der Waals surface area (Å²) in [5.41, 5.74) is 1.88. The number of rotatable bonds is 5. The van der Waals surface area contributed by atoms with Gasteiger partial charge in [0, 0.05) is 24.5 Å². The van der Waals surface area contributed by atoms with Crippen LogP contribution in [0.2, 0.25) is 0 Å². The molecule has 2 heterocycles. The Kier molecular flexibility index (Phi) is 4.31. The highest BCUT2D eigenvalue weighted by atomic mass is 19.1. The van der Waals surface area contributed by atoms with E-state index >= 15 is 0 Å². The van der Waals surface area contributed by atoms with Gasteiger partial charge in [-0.25, -0.2) is 4.39 Å². The molecule has 0 aliphatic carbocycles. The Labute approximate surface area is 123 Å². The molecular weight excluding hydrogens is 269 g/mol. The fourth-order valence-corrected chi connectivity index (χ4v) is 3.04. The number of nitrogens with one attached hydrogen (secondary N) is 1. The SMILES string of the molecule is OC(CC1CCCN1Cc1ccn[nH]1)c1ccc(F)cc1. The standard InChI is InChI=1S/C16H20FN3O/c17-13-5-3-12(4-6-13)16(21)10-15-2-1-9-20(15)11-14-7-8-18-19-14/h3-8,15-16,21H,1-2,9-11H2,(H,18,19). The lowest BCUT2D eigenvalue weighted by Gasteiger charge is -2.26. The first kappa shape index (κ1) is 14.2. The minimum Gasteiger partial charge on any atom is -0.388 e. The zero-order valence-corrected chi connectivity index (χ0v) is 11.9. The lowest BCUT2D eigenvalue weighted by atomic mass is 10.0. The number of aromatic amines is 1. The van der Waals surface area contributed by atoms with Crippen LogP contribution >= 0.6 is 0 Å². The lowest BCUT2D eigenvalue weighted by molar-refractivity contribution is 0.117. The van der Waals surface area contributed by atoms with Crippen molar-refractivity contribution in [3.63, 3.8) is 0 Å². The summed E-state index contributed by atoms with van der Waals surface area (Å²) in [7, 11) is 0. The Morgan fingerprint density at radius 1 is 1.33 bits per heavy atom. The third kappa shape index (κ3) is 3.49. The molecule has 2 atom stereocenters. The van der Waals surface area contributed by atoms with Crippen molar-refractivity contribution in [2.75, 3.05) is 6.54 Å². The Hall–Kier alpha value is -1.72. The van der Waals surface area contributed by atoms with Crippen molar-refractivity contribution >= 4 is 0 Å². The molecule has 0 radical (unpaired) electrons. The second-order valence-corrected chi connectivity index (χ2v) is 5.65. The van der Waals surface area contributed by atoms with Gasteiger partial charge in [0.15, 0.2) is 0 Å². The molecule has 4 nitrogen and oxygen atoms in total. The minimum absolute atomic E-state index is 0.271. The van der Waals surface area contributed by atoms with E-state index in [1.807, 2.05) is 6.07 Å². The van der Waals surface area contributed by atoms with E-state index in [2.05, 4.69) is 15.1 Å². The molecule has 0 saturated carbocycles. The zero-order valence-electron chi connectivity index (χ0n) is 11.9. The molecule has 3 rings (SSSR count). The smallest absolute Gasteiger partial charge is 0.123 e. The summed E-state index contributed by atoms with van der Waals surface area (Å²) in [5.74, 6) is -0.271. The number of aromatic nitrogens is 2. The van der Waals surface area contributed by atoms with Gasteiger partial charge in [0.05, 0.1) is 6.10 Å². The average Bonchev–Trinajstić information content (AvgIpc) is 3.13. The first-order valence-electron chi connectivity index (χ1n) is 7.38. The molecule has 2 unspecified atom stereocenters. The fourth-order valence-electron chi connectivity index (χ4n) is 3.04. The number of aliphatic hydroxyl groups excluding tert-OH is 1. The first-order valence-corrected chi connectivity index (χ1v) is 7.38. The zero-order chi connectivity index (χ0) is 14.7. The van der Waals surface area contributed by atoms with Gasteiger partial charge in [0.25, 0.3) is 0 Å². The van der Waals surface area contributed by atoms with Gasteiger partial charge in [-0.15, -0.1) is 0 Å². The predicted molar refractivity (Wildman–Crippen MR) is 78.0 cm³/mol. The summed E-state index contributed by atoms with van der Waals surface area (Å²) in [6.07, 6.45) is 4.13. The van der Waals surface area contributed by atoms with Crippen LogP contribution in [0, 0.1) is 5.82 Å². The average molecular weight is 289 g/mol. The monoisotopic (exact) mass is 289 g/mol. The largest absolute Gasteiger partial charge is 0.388 e. The summed E-state index contributed by atoms with van der Waals surface area (Å²) in [4.78, 5) is 2.38. The Bertz CT molecular complexity index is 555. The quantitative estimate of drug-likeness (QED) is 0.889. The van der Waals surface area contributed by atoms with Crippen LogP contribution in [-0.2, 0) is 6.54 Å². The number of likely N-dealkylation sites (tertiary alicyclic amines) is 1. The predicted octanol–water partition coefficient (Wildman–Crippen LogP) is 2.64. The molecule has 1 fully saturated rings. The van der Waals surface area contributed by atoms with Crippen LogP contribution in [-0.4, -0.2) is 32.8 Å². The fraction of sp³-hybridized carbons (Fsp3) is 0.438. The van der Waals surface area contributed by atoms with Crippen LogP contribution in [0.3, 0.4) is 0 Å².